The molecule has 23 heteroatoms. The van der Waals surface area contributed by atoms with Crippen molar-refractivity contribution in [3.63, 3.8) is 0 Å². The maximum Gasteiger partial charge on any atom is 1.00 e. The van der Waals surface area contributed by atoms with Crippen LogP contribution in [0.1, 0.15) is 71.6 Å². The van der Waals surface area contributed by atoms with Crippen molar-refractivity contribution in [2.75, 3.05) is 51.0 Å². The van der Waals surface area contributed by atoms with Crippen LogP contribution in [-0.2, 0) is 35.4 Å². The van der Waals surface area contributed by atoms with Crippen molar-refractivity contribution >= 4 is 56.5 Å². The summed E-state index contributed by atoms with van der Waals surface area (Å²) in [4.78, 5) is 43.2. The van der Waals surface area contributed by atoms with Gasteiger partial charge in [0.05, 0.1) is 51.4 Å². The summed E-state index contributed by atoms with van der Waals surface area (Å²) in [6.45, 7) is 17.6. The summed E-state index contributed by atoms with van der Waals surface area (Å²) in [7, 11) is 0. The molecule has 8 heterocycles. The summed E-state index contributed by atoms with van der Waals surface area (Å²) < 4.78 is 25.8. The molecule has 346 valence electrons. The molecule has 4 aliphatic rings. The Kier molecular flexibility index (Phi) is 15.6. The minimum Gasteiger partial charge on any atom is -1.00 e. The summed E-state index contributed by atoms with van der Waals surface area (Å²) in [6, 6.07) is 12.4. The van der Waals surface area contributed by atoms with Gasteiger partial charge in [-0.05, 0) is 98.3 Å². The third-order valence-corrected chi connectivity index (χ3v) is 10.7. The molecule has 0 aliphatic carbocycles. The van der Waals surface area contributed by atoms with E-state index in [0.717, 1.165) is 80.6 Å². The minimum atomic E-state index is -0.518. The van der Waals surface area contributed by atoms with Gasteiger partial charge >= 0.3 is 41.7 Å². The molecule has 2 fully saturated rings. The van der Waals surface area contributed by atoms with Crippen LogP contribution in [0.2, 0.25) is 0 Å². The molecule has 21 nitrogen and oxygen atoms in total. The first kappa shape index (κ1) is 48.7. The number of carbonyl (C=O) groups is 2. The fourth-order valence-corrected chi connectivity index (χ4v) is 7.73. The first-order valence-corrected chi connectivity index (χ1v) is 22.4. The first-order valence-electron chi connectivity index (χ1n) is 21.6. The molecule has 0 bridgehead atoms. The van der Waals surface area contributed by atoms with E-state index in [-0.39, 0.29) is 37.0 Å². The number of carbonyl (C=O) groups excluding carboxylic acids is 2. The number of hydrogen-bond donors (Lipinski definition) is 3. The number of nitrogens with one attached hydrogen (secondary N) is 3. The Bertz CT molecular complexity index is 2650. The summed E-state index contributed by atoms with van der Waals surface area (Å²) in [6.07, 6.45) is 5.25. The van der Waals surface area contributed by atoms with Gasteiger partial charge in [0.15, 0.2) is 11.3 Å². The van der Waals surface area contributed by atoms with Crippen LogP contribution < -0.4 is 60.0 Å². The predicted molar refractivity (Wildman–Crippen MR) is 243 cm³/mol. The molecule has 0 saturated carbocycles. The number of nitrogens with zero attached hydrogens (tertiary/aromatic N) is 12. The van der Waals surface area contributed by atoms with E-state index >= 15 is 0 Å². The molecule has 6 aromatic rings. The summed E-state index contributed by atoms with van der Waals surface area (Å²) >= 11 is 3.32. The van der Waals surface area contributed by atoms with Gasteiger partial charge in [-0.3, -0.25) is 5.43 Å². The van der Waals surface area contributed by atoms with Crippen molar-refractivity contribution in [2.45, 2.75) is 91.1 Å². The van der Waals surface area contributed by atoms with Gasteiger partial charge < -0.3 is 35.9 Å². The van der Waals surface area contributed by atoms with Gasteiger partial charge in [-0.15, -0.1) is 10.2 Å². The van der Waals surface area contributed by atoms with Crippen LogP contribution in [-0.4, -0.2) is 130 Å². The van der Waals surface area contributed by atoms with Gasteiger partial charge in [-0.25, -0.2) is 43.9 Å². The van der Waals surface area contributed by atoms with Crippen LogP contribution in [0.5, 0.6) is 11.5 Å². The number of hydrazine groups is 1. The Morgan fingerprint density at radius 3 is 1.97 bits per heavy atom. The second-order valence-electron chi connectivity index (χ2n) is 17.9. The van der Waals surface area contributed by atoms with Crippen molar-refractivity contribution < 1.29 is 59.5 Å². The minimum absolute atomic E-state index is 0. The van der Waals surface area contributed by atoms with Gasteiger partial charge in [-0.1, -0.05) is 34.7 Å². The van der Waals surface area contributed by atoms with Crippen LogP contribution in [0.3, 0.4) is 0 Å². The molecule has 10 rings (SSSR count). The number of benzene rings is 2. The van der Waals surface area contributed by atoms with E-state index < -0.39 is 23.4 Å². The largest absolute Gasteiger partial charge is 1.00 e. The summed E-state index contributed by atoms with van der Waals surface area (Å²) in [5, 5.41) is 24.4. The maximum absolute atomic E-state index is 12.1. The van der Waals surface area contributed by atoms with Crippen LogP contribution >= 0.6 is 15.9 Å². The Balaban J connectivity index is 0.000000181. The van der Waals surface area contributed by atoms with Gasteiger partial charge in [0.25, 0.3) is 0 Å². The van der Waals surface area contributed by atoms with E-state index in [1.165, 1.54) is 11.1 Å². The van der Waals surface area contributed by atoms with Crippen LogP contribution in [0.25, 0.3) is 22.6 Å². The number of aromatic nitrogens is 10. The zero-order chi connectivity index (χ0) is 45.7. The zero-order valence-electron chi connectivity index (χ0n) is 39.4. The molecule has 66 heavy (non-hydrogen) atoms. The number of hydrogen-bond acceptors (Lipinski definition) is 17. The first-order chi connectivity index (χ1) is 31.1. The van der Waals surface area contributed by atoms with E-state index in [9.17, 15) is 9.59 Å². The topological polar surface area (TPSA) is 227 Å². The van der Waals surface area contributed by atoms with Crippen molar-refractivity contribution in [1.29, 1.82) is 0 Å². The van der Waals surface area contributed by atoms with Crippen LogP contribution in [0, 0.1) is 0 Å². The fraction of sp³-hybridized carbons (Fsp3) is 0.488. The summed E-state index contributed by atoms with van der Waals surface area (Å²) in [5.74, 6) is 2.69. The molecule has 3 N–H and O–H groups in total. The predicted octanol–water partition coefficient (Wildman–Crippen LogP) is 1.68. The van der Waals surface area contributed by atoms with Gasteiger partial charge in [0.1, 0.15) is 33.1 Å². The van der Waals surface area contributed by atoms with Crippen molar-refractivity contribution in [1.82, 2.24) is 71.0 Å². The number of halogens is 1. The molecule has 2 aromatic carbocycles. The Morgan fingerprint density at radius 2 is 1.39 bits per heavy atom. The van der Waals surface area contributed by atoms with Crippen molar-refractivity contribution in [3.8, 4) is 11.5 Å². The maximum atomic E-state index is 12.1. The second-order valence-corrected chi connectivity index (χ2v) is 18.7. The Morgan fingerprint density at radius 1 is 0.818 bits per heavy atom. The fourth-order valence-electron chi connectivity index (χ4n) is 7.46. The Labute approximate surface area is 413 Å². The summed E-state index contributed by atoms with van der Waals surface area (Å²) in [5.41, 5.74) is 8.83. The number of alkyl carbamates (subject to hydrolysis) is 1. The van der Waals surface area contributed by atoms with E-state index in [4.69, 9.17) is 23.9 Å². The molecular weight excluding hydrogens is 925 g/mol. The molecule has 2 saturated heterocycles. The molecular formula is C43H55BrN15NaO6. The molecule has 0 radical (unpaired) electrons. The van der Waals surface area contributed by atoms with Crippen LogP contribution in [0.15, 0.2) is 53.4 Å². The van der Waals surface area contributed by atoms with E-state index in [0.29, 0.717) is 53.5 Å². The normalized spacial score (nSPS) is 16.5. The van der Waals surface area contributed by atoms with E-state index in [2.05, 4.69) is 84.6 Å². The van der Waals surface area contributed by atoms with Gasteiger partial charge in [0, 0.05) is 39.0 Å². The van der Waals surface area contributed by atoms with Gasteiger partial charge in [0.2, 0.25) is 11.3 Å². The number of rotatable bonds is 7. The molecule has 0 spiro atoms. The number of amides is 2. The molecule has 1 atom stereocenters. The molecule has 4 aliphatic heterocycles. The molecule has 0 unspecified atom stereocenters. The number of ether oxygens (including phenoxy) is 4. The number of anilines is 1. The SMILES string of the molecule is Brc1cnc2nnn(Cc3ccc4c(c3)CCO4)c2n1.CC(C)(C)OC(=O)NN1CCNC1.CC(C)(C)OC(=O)N[C@@H]1CCN(c2cnc3nnn(Cc4ccc5c(c4)CCO5)c3n2)C1.[H-].[Na+]. The average Bonchev–Trinajstić information content (AvgIpc) is 4.11. The quantitative estimate of drug-likeness (QED) is 0.194. The zero-order valence-corrected chi connectivity index (χ0v) is 42.0. The third kappa shape index (κ3) is 13.0. The molecule has 4 aromatic heterocycles. The van der Waals surface area contributed by atoms with E-state index in [1.54, 1.807) is 26.8 Å². The number of fused-ring (bicyclic) bond motifs is 4. The molecule has 2 amide bonds. The Hall–Kier alpha value is -5.26. The van der Waals surface area contributed by atoms with Crippen molar-refractivity contribution in [2.24, 2.45) is 0 Å². The smallest absolute Gasteiger partial charge is 1.00 e. The van der Waals surface area contributed by atoms with E-state index in [1.807, 2.05) is 65.8 Å². The third-order valence-electron chi connectivity index (χ3n) is 10.3. The average molecular weight is 981 g/mol. The van der Waals surface area contributed by atoms with Gasteiger partial charge in [-0.2, -0.15) is 0 Å². The van der Waals surface area contributed by atoms with Crippen molar-refractivity contribution in [3.05, 3.63) is 75.6 Å². The van der Waals surface area contributed by atoms with Crippen LogP contribution in [0.4, 0.5) is 15.4 Å². The second kappa shape index (κ2) is 21.1. The standard InChI is InChI=1S/C22H27N7O3.C13H10BrN5O.C8H17N3O2.Na.H/c1-22(2,3)32-21(30)24-16-6-8-28(13-16)18-11-23-19-20(25-18)29(27-26-19)12-14-4-5-17-15(10-14)7-9-31-17;14-11-6-15-12-13(16-11)19(18-17-12)7-8-1-2-10-9(5-8)3-4-20-10;1-8(2,3)13-7(12)10-11-5-4-9-6-11;;/h4-5,10-11,16H,6-9,12-13H2,1-3H3,(H,24,30);1-2,5-6H,3-4,7H2;9H,4-6H2,1-3H3,(H,10,12);;/q;;;+1;-1/t16-;;;;/m1..../s1. The monoisotopic (exact) mass is 979 g/mol.